The highest BCUT2D eigenvalue weighted by molar-refractivity contribution is 7.89. The van der Waals surface area contributed by atoms with Crippen molar-refractivity contribution in [2.24, 2.45) is 5.92 Å². The van der Waals surface area contributed by atoms with Crippen LogP contribution in [0.4, 0.5) is 5.69 Å². The lowest BCUT2D eigenvalue weighted by Gasteiger charge is -2.31. The Morgan fingerprint density at radius 1 is 1.08 bits per heavy atom. The maximum Gasteiger partial charge on any atom is 0.316 e. The molecular weight excluding hydrogens is 484 g/mol. The molecule has 1 unspecified atom stereocenters. The van der Waals surface area contributed by atoms with Crippen molar-refractivity contribution < 1.29 is 32.2 Å². The zero-order chi connectivity index (χ0) is 25.9. The Balaban J connectivity index is 1.44. The van der Waals surface area contributed by atoms with Crippen LogP contribution in [-0.4, -0.2) is 58.5 Å². The monoisotopic (exact) mass is 516 g/mol. The van der Waals surface area contributed by atoms with Crippen molar-refractivity contribution in [1.82, 2.24) is 4.31 Å². The molecule has 1 heterocycles. The molecule has 0 aromatic heterocycles. The first-order valence-corrected chi connectivity index (χ1v) is 13.5. The molecule has 194 valence electrons. The number of methoxy groups -OCH3 is 2. The molecule has 2 fully saturated rings. The summed E-state index contributed by atoms with van der Waals surface area (Å²) in [7, 11) is -1.02. The van der Waals surface area contributed by atoms with Gasteiger partial charge in [0, 0.05) is 24.8 Å². The van der Waals surface area contributed by atoms with E-state index in [1.54, 1.807) is 31.2 Å². The van der Waals surface area contributed by atoms with Crippen LogP contribution in [0.5, 0.6) is 11.5 Å². The van der Waals surface area contributed by atoms with Crippen LogP contribution in [0.15, 0.2) is 47.4 Å². The number of carbonyl (C=O) groups is 2. The number of sulfonamides is 1. The number of ether oxygens (including phenoxy) is 3. The number of esters is 1. The molecule has 0 bridgehead atoms. The average Bonchev–Trinajstić information content (AvgIpc) is 3.71. The van der Waals surface area contributed by atoms with Crippen LogP contribution in [-0.2, 0) is 29.8 Å². The van der Waals surface area contributed by atoms with Crippen LogP contribution in [0.2, 0.25) is 0 Å². The standard InChI is InChI=1S/C26H32N2O7S/c1-4-35-25(30)26(13-14-26)19-7-9-20(10-8-19)27-24(29)18-6-5-15-28(17-18)36(31,32)23-16-21(33-2)11-12-22(23)34-3/h7-12,16,18H,4-6,13-15,17H2,1-3H3,(H,27,29). The number of rotatable bonds is 9. The molecule has 1 N–H and O–H groups in total. The summed E-state index contributed by atoms with van der Waals surface area (Å²) in [6, 6.07) is 11.8. The first-order valence-electron chi connectivity index (χ1n) is 12.1. The van der Waals surface area contributed by atoms with E-state index >= 15 is 0 Å². The lowest BCUT2D eigenvalue weighted by atomic mass is 9.95. The highest BCUT2D eigenvalue weighted by Crippen LogP contribution is 2.49. The Kier molecular flexibility index (Phi) is 7.56. The maximum absolute atomic E-state index is 13.4. The summed E-state index contributed by atoms with van der Waals surface area (Å²) in [6.45, 7) is 2.51. The molecule has 36 heavy (non-hydrogen) atoms. The van der Waals surface area contributed by atoms with E-state index in [0.29, 0.717) is 37.4 Å². The fraction of sp³-hybridized carbons (Fsp3) is 0.462. The van der Waals surface area contributed by atoms with Crippen molar-refractivity contribution in [1.29, 1.82) is 0 Å². The first kappa shape index (κ1) is 26.0. The second kappa shape index (κ2) is 10.5. The number of anilines is 1. The molecule has 1 atom stereocenters. The molecule has 1 saturated heterocycles. The van der Waals surface area contributed by atoms with Gasteiger partial charge in [-0.2, -0.15) is 4.31 Å². The Labute approximate surface area is 211 Å². The third-order valence-corrected chi connectivity index (χ3v) is 8.75. The number of benzene rings is 2. The predicted octanol–water partition coefficient (Wildman–Crippen LogP) is 3.34. The zero-order valence-corrected chi connectivity index (χ0v) is 21.6. The quantitative estimate of drug-likeness (QED) is 0.509. The molecule has 2 aromatic rings. The van der Waals surface area contributed by atoms with E-state index in [9.17, 15) is 18.0 Å². The summed E-state index contributed by atoms with van der Waals surface area (Å²) < 4.78 is 43.9. The zero-order valence-electron chi connectivity index (χ0n) is 20.8. The fourth-order valence-electron chi connectivity index (χ4n) is 4.62. The minimum atomic E-state index is -3.90. The molecule has 1 saturated carbocycles. The summed E-state index contributed by atoms with van der Waals surface area (Å²) in [5.74, 6) is -0.331. The van der Waals surface area contributed by atoms with Gasteiger partial charge >= 0.3 is 5.97 Å². The molecular formula is C26H32N2O7S. The van der Waals surface area contributed by atoms with Gasteiger partial charge in [-0.1, -0.05) is 12.1 Å². The molecule has 1 aliphatic carbocycles. The van der Waals surface area contributed by atoms with Gasteiger partial charge in [-0.05, 0) is 62.4 Å². The Morgan fingerprint density at radius 2 is 1.81 bits per heavy atom. The smallest absolute Gasteiger partial charge is 0.316 e. The van der Waals surface area contributed by atoms with Crippen molar-refractivity contribution in [3.63, 3.8) is 0 Å². The van der Waals surface area contributed by atoms with E-state index in [2.05, 4.69) is 5.32 Å². The number of nitrogens with one attached hydrogen (secondary N) is 1. The van der Waals surface area contributed by atoms with Gasteiger partial charge < -0.3 is 19.5 Å². The third kappa shape index (κ3) is 5.05. The third-order valence-electron chi connectivity index (χ3n) is 6.86. The number of hydrogen-bond acceptors (Lipinski definition) is 7. The molecule has 9 nitrogen and oxygen atoms in total. The summed E-state index contributed by atoms with van der Waals surface area (Å²) >= 11 is 0. The van der Waals surface area contributed by atoms with Crippen LogP contribution >= 0.6 is 0 Å². The lowest BCUT2D eigenvalue weighted by Crippen LogP contribution is -2.43. The Hall–Kier alpha value is -3.11. The molecule has 2 aliphatic rings. The number of piperidine rings is 1. The lowest BCUT2D eigenvalue weighted by molar-refractivity contribution is -0.146. The van der Waals surface area contributed by atoms with Gasteiger partial charge in [-0.15, -0.1) is 0 Å². The number of hydrogen-bond donors (Lipinski definition) is 1. The fourth-order valence-corrected chi connectivity index (χ4v) is 6.32. The van der Waals surface area contributed by atoms with E-state index in [1.807, 2.05) is 12.1 Å². The normalized spacial score (nSPS) is 19.2. The molecule has 1 amide bonds. The van der Waals surface area contributed by atoms with Gasteiger partial charge in [0.25, 0.3) is 0 Å². The molecule has 2 aromatic carbocycles. The minimum absolute atomic E-state index is 0.0107. The van der Waals surface area contributed by atoms with Gasteiger partial charge in [-0.3, -0.25) is 9.59 Å². The van der Waals surface area contributed by atoms with Gasteiger partial charge in [0.2, 0.25) is 15.9 Å². The molecule has 4 rings (SSSR count). The van der Waals surface area contributed by atoms with Gasteiger partial charge in [0.05, 0.1) is 32.2 Å². The second-order valence-electron chi connectivity index (χ2n) is 9.09. The number of carbonyl (C=O) groups excluding carboxylic acids is 2. The van der Waals surface area contributed by atoms with Crippen LogP contribution in [0, 0.1) is 5.92 Å². The molecule has 0 radical (unpaired) electrons. The van der Waals surface area contributed by atoms with Crippen molar-refractivity contribution in [2.75, 3.05) is 39.2 Å². The predicted molar refractivity (Wildman–Crippen MR) is 134 cm³/mol. The topological polar surface area (TPSA) is 111 Å². The van der Waals surface area contributed by atoms with E-state index in [1.165, 1.54) is 24.6 Å². The van der Waals surface area contributed by atoms with Crippen molar-refractivity contribution >= 4 is 27.6 Å². The van der Waals surface area contributed by atoms with Crippen molar-refractivity contribution in [3.8, 4) is 11.5 Å². The largest absolute Gasteiger partial charge is 0.497 e. The average molecular weight is 517 g/mol. The Morgan fingerprint density at radius 3 is 2.42 bits per heavy atom. The Bertz CT molecular complexity index is 1220. The van der Waals surface area contributed by atoms with Crippen LogP contribution < -0.4 is 14.8 Å². The van der Waals surface area contributed by atoms with Gasteiger partial charge in [-0.25, -0.2) is 8.42 Å². The highest BCUT2D eigenvalue weighted by Gasteiger charge is 2.52. The maximum atomic E-state index is 13.4. The van der Waals surface area contributed by atoms with Gasteiger partial charge in [0.15, 0.2) is 0 Å². The SMILES string of the molecule is CCOC(=O)C1(c2ccc(NC(=O)C3CCCN(S(=O)(=O)c4cc(OC)ccc4OC)C3)cc2)CC1. The highest BCUT2D eigenvalue weighted by atomic mass is 32.2. The summed E-state index contributed by atoms with van der Waals surface area (Å²) in [4.78, 5) is 25.4. The van der Waals surface area contributed by atoms with Crippen LogP contribution in [0.25, 0.3) is 0 Å². The van der Waals surface area contributed by atoms with Crippen molar-refractivity contribution in [2.45, 2.75) is 42.9 Å². The van der Waals surface area contributed by atoms with Crippen molar-refractivity contribution in [3.05, 3.63) is 48.0 Å². The summed E-state index contributed by atoms with van der Waals surface area (Å²) in [5.41, 5.74) is 0.900. The van der Waals surface area contributed by atoms with E-state index in [4.69, 9.17) is 14.2 Å². The van der Waals surface area contributed by atoms with E-state index < -0.39 is 21.4 Å². The van der Waals surface area contributed by atoms with Crippen LogP contribution in [0.3, 0.4) is 0 Å². The summed E-state index contributed by atoms with van der Waals surface area (Å²) in [5, 5.41) is 2.90. The van der Waals surface area contributed by atoms with E-state index in [-0.39, 0.29) is 29.1 Å². The van der Waals surface area contributed by atoms with Gasteiger partial charge in [0.1, 0.15) is 16.4 Å². The molecule has 0 spiro atoms. The summed E-state index contributed by atoms with van der Waals surface area (Å²) in [6.07, 6.45) is 2.64. The molecule has 1 aliphatic heterocycles. The van der Waals surface area contributed by atoms with Crippen LogP contribution in [0.1, 0.15) is 38.2 Å². The minimum Gasteiger partial charge on any atom is -0.497 e. The van der Waals surface area contributed by atoms with E-state index in [0.717, 1.165) is 18.4 Å². The second-order valence-corrected chi connectivity index (χ2v) is 11.0. The first-order chi connectivity index (χ1) is 17.2. The number of amides is 1. The molecule has 10 heteroatoms. The number of nitrogens with zero attached hydrogens (tertiary/aromatic N) is 1.